The molecule has 0 spiro atoms. The fraction of sp³-hybridized carbons (Fsp3) is 0.389. The van der Waals surface area contributed by atoms with E-state index in [0.29, 0.717) is 28.7 Å². The van der Waals surface area contributed by atoms with Gasteiger partial charge in [-0.15, -0.1) is 11.3 Å². The first kappa shape index (κ1) is 16.6. The molecule has 0 unspecified atom stereocenters. The Labute approximate surface area is 145 Å². The third-order valence-corrected chi connectivity index (χ3v) is 5.33. The lowest BCUT2D eigenvalue weighted by Crippen LogP contribution is -2.16. The van der Waals surface area contributed by atoms with Gasteiger partial charge in [0.25, 0.3) is 5.91 Å². The van der Waals surface area contributed by atoms with Crippen LogP contribution in [0.15, 0.2) is 24.5 Å². The Balaban J connectivity index is 1.94. The molecule has 1 aliphatic rings. The Morgan fingerprint density at radius 2 is 2.12 bits per heavy atom. The summed E-state index contributed by atoms with van der Waals surface area (Å²) in [5.41, 5.74) is 2.09. The van der Waals surface area contributed by atoms with E-state index in [0.717, 1.165) is 24.8 Å². The van der Waals surface area contributed by atoms with E-state index in [4.69, 9.17) is 4.74 Å². The number of hydrogen-bond donors (Lipinski definition) is 1. The van der Waals surface area contributed by atoms with E-state index in [1.54, 1.807) is 31.5 Å². The fourth-order valence-corrected chi connectivity index (χ4v) is 4.33. The van der Waals surface area contributed by atoms with Crippen LogP contribution < -0.4 is 5.32 Å². The van der Waals surface area contributed by atoms with E-state index in [-0.39, 0.29) is 11.9 Å². The molecule has 5 nitrogen and oxygen atoms in total. The number of ether oxygens (including phenoxy) is 1. The van der Waals surface area contributed by atoms with E-state index in [2.05, 4.69) is 17.2 Å². The smallest absolute Gasteiger partial charge is 0.341 e. The SMILES string of the molecule is CCOC(=O)c1c(NC(=O)c2ccncc2)sc2c1CC[C@H](C)C2. The largest absolute Gasteiger partial charge is 0.462 e. The van der Waals surface area contributed by atoms with Crippen molar-refractivity contribution in [3.05, 3.63) is 46.1 Å². The molecule has 0 aromatic carbocycles. The Bertz CT molecular complexity index is 755. The molecular weight excluding hydrogens is 324 g/mol. The highest BCUT2D eigenvalue weighted by Crippen LogP contribution is 2.40. The third kappa shape index (κ3) is 3.33. The van der Waals surface area contributed by atoms with Gasteiger partial charge in [0.2, 0.25) is 0 Å². The summed E-state index contributed by atoms with van der Waals surface area (Å²) in [4.78, 5) is 30.0. The second-order valence-corrected chi connectivity index (χ2v) is 7.07. The van der Waals surface area contributed by atoms with Gasteiger partial charge in [-0.2, -0.15) is 0 Å². The average molecular weight is 344 g/mol. The number of amides is 1. The van der Waals surface area contributed by atoms with Crippen LogP contribution in [0.3, 0.4) is 0 Å². The molecule has 0 saturated carbocycles. The van der Waals surface area contributed by atoms with Gasteiger partial charge in [0, 0.05) is 22.8 Å². The molecule has 0 aliphatic heterocycles. The standard InChI is InChI=1S/C18H20N2O3S/c1-3-23-18(22)15-13-5-4-11(2)10-14(13)24-17(15)20-16(21)12-6-8-19-9-7-12/h6-9,11H,3-5,10H2,1-2H3,(H,20,21)/t11-/m0/s1. The van der Waals surface area contributed by atoms with Gasteiger partial charge in [-0.25, -0.2) is 4.79 Å². The number of carbonyl (C=O) groups is 2. The number of pyridine rings is 1. The molecular formula is C18H20N2O3S. The summed E-state index contributed by atoms with van der Waals surface area (Å²) >= 11 is 1.49. The third-order valence-electron chi connectivity index (χ3n) is 4.16. The number of anilines is 1. The van der Waals surface area contributed by atoms with Crippen LogP contribution in [-0.2, 0) is 17.6 Å². The molecule has 24 heavy (non-hydrogen) atoms. The minimum absolute atomic E-state index is 0.241. The number of thiophene rings is 1. The quantitative estimate of drug-likeness (QED) is 0.859. The van der Waals surface area contributed by atoms with Crippen LogP contribution in [0.1, 0.15) is 51.4 Å². The molecule has 6 heteroatoms. The highest BCUT2D eigenvalue weighted by molar-refractivity contribution is 7.17. The molecule has 0 bridgehead atoms. The average Bonchev–Trinajstić information content (AvgIpc) is 2.92. The van der Waals surface area contributed by atoms with Crippen LogP contribution in [0.2, 0.25) is 0 Å². The molecule has 2 aromatic heterocycles. The zero-order valence-electron chi connectivity index (χ0n) is 13.8. The van der Waals surface area contributed by atoms with Gasteiger partial charge in [0.1, 0.15) is 5.00 Å². The predicted molar refractivity (Wildman–Crippen MR) is 93.7 cm³/mol. The minimum atomic E-state index is -0.352. The number of aromatic nitrogens is 1. The van der Waals surface area contributed by atoms with Crippen LogP contribution in [0, 0.1) is 5.92 Å². The molecule has 126 valence electrons. The van der Waals surface area contributed by atoms with E-state index in [1.807, 2.05) is 0 Å². The van der Waals surface area contributed by atoms with Crippen LogP contribution in [0.5, 0.6) is 0 Å². The van der Waals surface area contributed by atoms with E-state index in [9.17, 15) is 9.59 Å². The molecule has 1 N–H and O–H groups in total. The summed E-state index contributed by atoms with van der Waals surface area (Å²) in [6.45, 7) is 4.31. The molecule has 1 amide bonds. The van der Waals surface area contributed by atoms with Crippen molar-refractivity contribution in [1.82, 2.24) is 4.98 Å². The monoisotopic (exact) mass is 344 g/mol. The van der Waals surface area contributed by atoms with Crippen molar-refractivity contribution >= 4 is 28.2 Å². The summed E-state index contributed by atoms with van der Waals surface area (Å²) < 4.78 is 5.21. The molecule has 2 aromatic rings. The van der Waals surface area contributed by atoms with Crippen molar-refractivity contribution in [2.24, 2.45) is 5.92 Å². The maximum absolute atomic E-state index is 12.4. The Morgan fingerprint density at radius 3 is 2.83 bits per heavy atom. The highest BCUT2D eigenvalue weighted by atomic mass is 32.1. The maximum Gasteiger partial charge on any atom is 0.341 e. The van der Waals surface area contributed by atoms with Gasteiger partial charge in [-0.05, 0) is 49.8 Å². The second kappa shape index (κ2) is 7.13. The van der Waals surface area contributed by atoms with E-state index >= 15 is 0 Å². The molecule has 0 fully saturated rings. The lowest BCUT2D eigenvalue weighted by molar-refractivity contribution is 0.0526. The molecule has 1 atom stereocenters. The number of esters is 1. The number of hydrogen-bond acceptors (Lipinski definition) is 5. The van der Waals surface area contributed by atoms with E-state index < -0.39 is 0 Å². The van der Waals surface area contributed by atoms with Crippen molar-refractivity contribution in [3.8, 4) is 0 Å². The first-order valence-corrected chi connectivity index (χ1v) is 8.94. The molecule has 0 saturated heterocycles. The van der Waals surface area contributed by atoms with Crippen molar-refractivity contribution in [1.29, 1.82) is 0 Å². The normalized spacial score (nSPS) is 16.3. The first-order chi connectivity index (χ1) is 11.6. The molecule has 2 heterocycles. The molecule has 1 aliphatic carbocycles. The van der Waals surface area contributed by atoms with Crippen LogP contribution in [0.25, 0.3) is 0 Å². The van der Waals surface area contributed by atoms with Crippen LogP contribution in [-0.4, -0.2) is 23.5 Å². The van der Waals surface area contributed by atoms with Gasteiger partial charge < -0.3 is 10.1 Å². The molecule has 0 radical (unpaired) electrons. The number of nitrogens with zero attached hydrogens (tertiary/aromatic N) is 1. The van der Waals surface area contributed by atoms with Crippen molar-refractivity contribution in [2.45, 2.75) is 33.1 Å². The zero-order chi connectivity index (χ0) is 17.1. The topological polar surface area (TPSA) is 68.3 Å². The second-order valence-electron chi connectivity index (χ2n) is 5.97. The Hall–Kier alpha value is -2.21. The molecule has 3 rings (SSSR count). The summed E-state index contributed by atoms with van der Waals surface area (Å²) in [5, 5.41) is 3.48. The fourth-order valence-electron chi connectivity index (χ4n) is 2.94. The number of fused-ring (bicyclic) bond motifs is 1. The van der Waals surface area contributed by atoms with Gasteiger partial charge >= 0.3 is 5.97 Å². The van der Waals surface area contributed by atoms with Crippen molar-refractivity contribution in [2.75, 3.05) is 11.9 Å². The van der Waals surface area contributed by atoms with Crippen LogP contribution >= 0.6 is 11.3 Å². The van der Waals surface area contributed by atoms with Crippen molar-refractivity contribution < 1.29 is 14.3 Å². The maximum atomic E-state index is 12.4. The Morgan fingerprint density at radius 1 is 1.38 bits per heavy atom. The minimum Gasteiger partial charge on any atom is -0.462 e. The van der Waals surface area contributed by atoms with Gasteiger partial charge in [-0.1, -0.05) is 6.92 Å². The van der Waals surface area contributed by atoms with Crippen LogP contribution in [0.4, 0.5) is 5.00 Å². The summed E-state index contributed by atoms with van der Waals surface area (Å²) in [5.74, 6) is -0.000815. The summed E-state index contributed by atoms with van der Waals surface area (Å²) in [7, 11) is 0. The van der Waals surface area contributed by atoms with Gasteiger partial charge in [-0.3, -0.25) is 9.78 Å². The lowest BCUT2D eigenvalue weighted by atomic mass is 9.88. The van der Waals surface area contributed by atoms with Crippen molar-refractivity contribution in [3.63, 3.8) is 0 Å². The van der Waals surface area contributed by atoms with Gasteiger partial charge in [0.05, 0.1) is 12.2 Å². The summed E-state index contributed by atoms with van der Waals surface area (Å²) in [6.07, 6.45) is 5.99. The Kier molecular flexibility index (Phi) is 4.94. The highest BCUT2D eigenvalue weighted by Gasteiger charge is 2.29. The predicted octanol–water partition coefficient (Wildman–Crippen LogP) is 3.70. The number of nitrogens with one attached hydrogen (secondary N) is 1. The number of rotatable bonds is 4. The lowest BCUT2D eigenvalue weighted by Gasteiger charge is -2.18. The summed E-state index contributed by atoms with van der Waals surface area (Å²) in [6, 6.07) is 3.30. The van der Waals surface area contributed by atoms with E-state index in [1.165, 1.54) is 16.2 Å². The first-order valence-electron chi connectivity index (χ1n) is 8.13. The number of carbonyl (C=O) groups excluding carboxylic acids is 2. The van der Waals surface area contributed by atoms with Gasteiger partial charge in [0.15, 0.2) is 0 Å². The zero-order valence-corrected chi connectivity index (χ0v) is 14.6.